The predicted molar refractivity (Wildman–Crippen MR) is 91.9 cm³/mol. The molecular weight excluding hydrogens is 270 g/mol. The summed E-state index contributed by atoms with van der Waals surface area (Å²) in [5.74, 6) is 0.812. The topological polar surface area (TPSA) is 12.5 Å². The van der Waals surface area contributed by atoms with Crippen LogP contribution >= 0.6 is 0 Å². The van der Waals surface area contributed by atoms with Crippen molar-refractivity contribution in [2.45, 2.75) is 77.2 Å². The van der Waals surface area contributed by atoms with Gasteiger partial charge < -0.3 is 4.74 Å². The molecule has 4 atom stereocenters. The van der Waals surface area contributed by atoms with E-state index in [4.69, 9.17) is 4.74 Å². The van der Waals surface area contributed by atoms with Crippen molar-refractivity contribution < 1.29 is 4.74 Å². The molecule has 2 aliphatic rings. The van der Waals surface area contributed by atoms with Crippen molar-refractivity contribution in [3.63, 3.8) is 0 Å². The van der Waals surface area contributed by atoms with Gasteiger partial charge in [0.05, 0.1) is 12.2 Å². The molecular formula is C20H31NO. The molecule has 0 N–H and O–H groups in total. The summed E-state index contributed by atoms with van der Waals surface area (Å²) in [6.45, 7) is 8.15. The number of hydrogen-bond acceptors (Lipinski definition) is 2. The SMILES string of the molecule is CC(C)CCN1[C@@H]2CC[C@H]1CC(OC(C)c1ccccc1)C2. The Morgan fingerprint density at radius 3 is 2.27 bits per heavy atom. The van der Waals surface area contributed by atoms with E-state index in [1.165, 1.54) is 44.2 Å². The van der Waals surface area contributed by atoms with Crippen LogP contribution in [0.25, 0.3) is 0 Å². The van der Waals surface area contributed by atoms with Gasteiger partial charge in [0.1, 0.15) is 0 Å². The summed E-state index contributed by atoms with van der Waals surface area (Å²) in [5.41, 5.74) is 1.30. The zero-order valence-corrected chi connectivity index (χ0v) is 14.4. The molecule has 3 rings (SSSR count). The van der Waals surface area contributed by atoms with E-state index in [1.54, 1.807) is 0 Å². The molecule has 0 radical (unpaired) electrons. The van der Waals surface area contributed by atoms with Crippen LogP contribution in [0, 0.1) is 5.92 Å². The van der Waals surface area contributed by atoms with Crippen molar-refractivity contribution in [1.29, 1.82) is 0 Å². The van der Waals surface area contributed by atoms with Gasteiger partial charge in [-0.05, 0) is 57.1 Å². The summed E-state index contributed by atoms with van der Waals surface area (Å²) in [7, 11) is 0. The highest BCUT2D eigenvalue weighted by Crippen LogP contribution is 2.38. The van der Waals surface area contributed by atoms with Crippen LogP contribution < -0.4 is 0 Å². The maximum atomic E-state index is 6.41. The molecule has 122 valence electrons. The highest BCUT2D eigenvalue weighted by molar-refractivity contribution is 5.17. The van der Waals surface area contributed by atoms with Gasteiger partial charge in [-0.15, -0.1) is 0 Å². The molecule has 2 bridgehead atoms. The second kappa shape index (κ2) is 7.14. The second-order valence-electron chi connectivity index (χ2n) is 7.59. The highest BCUT2D eigenvalue weighted by Gasteiger charge is 2.41. The van der Waals surface area contributed by atoms with Gasteiger partial charge in [0, 0.05) is 12.1 Å². The van der Waals surface area contributed by atoms with Gasteiger partial charge in [-0.1, -0.05) is 44.2 Å². The van der Waals surface area contributed by atoms with Crippen molar-refractivity contribution in [2.24, 2.45) is 5.92 Å². The van der Waals surface area contributed by atoms with Gasteiger partial charge in [-0.25, -0.2) is 0 Å². The molecule has 0 spiro atoms. The predicted octanol–water partition coefficient (Wildman–Crippen LogP) is 4.81. The normalized spacial score (nSPS) is 29.9. The number of benzene rings is 1. The third-order valence-electron chi connectivity index (χ3n) is 5.47. The number of ether oxygens (including phenoxy) is 1. The summed E-state index contributed by atoms with van der Waals surface area (Å²) >= 11 is 0. The quantitative estimate of drug-likeness (QED) is 0.748. The third-order valence-corrected chi connectivity index (χ3v) is 5.47. The van der Waals surface area contributed by atoms with E-state index in [9.17, 15) is 0 Å². The maximum absolute atomic E-state index is 6.41. The van der Waals surface area contributed by atoms with Crippen LogP contribution in [0.2, 0.25) is 0 Å². The van der Waals surface area contributed by atoms with Crippen LogP contribution in [0.3, 0.4) is 0 Å². The monoisotopic (exact) mass is 301 g/mol. The molecule has 2 aliphatic heterocycles. The van der Waals surface area contributed by atoms with E-state index < -0.39 is 0 Å². The molecule has 22 heavy (non-hydrogen) atoms. The largest absolute Gasteiger partial charge is 0.370 e. The number of piperidine rings is 1. The van der Waals surface area contributed by atoms with Gasteiger partial charge >= 0.3 is 0 Å². The zero-order valence-electron chi connectivity index (χ0n) is 14.4. The Hall–Kier alpha value is -0.860. The lowest BCUT2D eigenvalue weighted by Gasteiger charge is -2.40. The average Bonchev–Trinajstić information content (AvgIpc) is 2.75. The first kappa shape index (κ1) is 16.0. The van der Waals surface area contributed by atoms with E-state index >= 15 is 0 Å². The molecule has 1 aromatic carbocycles. The van der Waals surface area contributed by atoms with E-state index in [0.717, 1.165) is 18.0 Å². The lowest BCUT2D eigenvalue weighted by atomic mass is 9.98. The Balaban J connectivity index is 1.54. The molecule has 2 unspecified atom stereocenters. The van der Waals surface area contributed by atoms with Gasteiger partial charge in [0.2, 0.25) is 0 Å². The smallest absolute Gasteiger partial charge is 0.0800 e. The van der Waals surface area contributed by atoms with Gasteiger partial charge in [0.25, 0.3) is 0 Å². The molecule has 2 heteroatoms. The van der Waals surface area contributed by atoms with E-state index in [2.05, 4.69) is 56.0 Å². The van der Waals surface area contributed by atoms with Crippen LogP contribution in [0.1, 0.15) is 64.5 Å². The Morgan fingerprint density at radius 2 is 1.68 bits per heavy atom. The lowest BCUT2D eigenvalue weighted by Crippen LogP contribution is -2.46. The summed E-state index contributed by atoms with van der Waals surface area (Å²) in [4.78, 5) is 2.78. The average molecular weight is 301 g/mol. The molecule has 0 amide bonds. The Morgan fingerprint density at radius 1 is 1.05 bits per heavy atom. The lowest BCUT2D eigenvalue weighted by molar-refractivity contribution is -0.0563. The minimum absolute atomic E-state index is 0.216. The fraction of sp³-hybridized carbons (Fsp3) is 0.700. The highest BCUT2D eigenvalue weighted by atomic mass is 16.5. The van der Waals surface area contributed by atoms with E-state index in [0.29, 0.717) is 6.10 Å². The van der Waals surface area contributed by atoms with Crippen molar-refractivity contribution in [2.75, 3.05) is 6.54 Å². The number of rotatable bonds is 6. The minimum Gasteiger partial charge on any atom is -0.370 e. The van der Waals surface area contributed by atoms with Crippen LogP contribution in [0.4, 0.5) is 0 Å². The summed E-state index contributed by atoms with van der Waals surface area (Å²) in [6, 6.07) is 12.2. The van der Waals surface area contributed by atoms with Crippen molar-refractivity contribution in [3.05, 3.63) is 35.9 Å². The molecule has 0 saturated carbocycles. The Kier molecular flexibility index (Phi) is 5.20. The van der Waals surface area contributed by atoms with E-state index in [1.807, 2.05) is 0 Å². The van der Waals surface area contributed by atoms with Crippen LogP contribution in [-0.2, 0) is 4.74 Å². The van der Waals surface area contributed by atoms with Crippen molar-refractivity contribution in [1.82, 2.24) is 4.90 Å². The first-order valence-corrected chi connectivity index (χ1v) is 9.09. The fourth-order valence-corrected chi connectivity index (χ4v) is 4.20. The molecule has 1 aromatic rings. The maximum Gasteiger partial charge on any atom is 0.0800 e. The molecule has 0 aliphatic carbocycles. The first-order valence-electron chi connectivity index (χ1n) is 9.09. The molecule has 2 nitrogen and oxygen atoms in total. The Labute approximate surface area is 135 Å². The van der Waals surface area contributed by atoms with E-state index in [-0.39, 0.29) is 6.10 Å². The number of fused-ring (bicyclic) bond motifs is 2. The summed E-state index contributed by atoms with van der Waals surface area (Å²) in [6.07, 6.45) is 7.21. The van der Waals surface area contributed by atoms with Crippen molar-refractivity contribution in [3.8, 4) is 0 Å². The summed E-state index contributed by atoms with van der Waals surface area (Å²) in [5, 5.41) is 0. The standard InChI is InChI=1S/C20H31NO/c1-15(2)11-12-21-18-9-10-19(21)14-20(13-18)22-16(3)17-7-5-4-6-8-17/h4-8,15-16,18-20H,9-14H2,1-3H3/t16?,18-,19+,20?. The number of hydrogen-bond donors (Lipinski definition) is 0. The second-order valence-corrected chi connectivity index (χ2v) is 7.59. The van der Waals surface area contributed by atoms with Crippen LogP contribution in [-0.4, -0.2) is 29.6 Å². The van der Waals surface area contributed by atoms with Gasteiger partial charge in [-0.3, -0.25) is 4.90 Å². The number of nitrogens with zero attached hydrogens (tertiary/aromatic N) is 1. The Bertz CT molecular complexity index is 444. The zero-order chi connectivity index (χ0) is 15.5. The fourth-order valence-electron chi connectivity index (χ4n) is 4.20. The summed E-state index contributed by atoms with van der Waals surface area (Å²) < 4.78 is 6.41. The molecule has 0 aromatic heterocycles. The molecule has 2 heterocycles. The molecule has 2 saturated heterocycles. The first-order chi connectivity index (χ1) is 10.6. The van der Waals surface area contributed by atoms with Crippen LogP contribution in [0.5, 0.6) is 0 Å². The third kappa shape index (κ3) is 3.72. The molecule has 2 fully saturated rings. The minimum atomic E-state index is 0.216. The van der Waals surface area contributed by atoms with Gasteiger partial charge in [0.15, 0.2) is 0 Å². The van der Waals surface area contributed by atoms with Gasteiger partial charge in [-0.2, -0.15) is 0 Å². The van der Waals surface area contributed by atoms with Crippen LogP contribution in [0.15, 0.2) is 30.3 Å². The van der Waals surface area contributed by atoms with Crippen molar-refractivity contribution >= 4 is 0 Å².